The number of unbranched alkanes of at least 4 members (excludes halogenated alkanes) is 1. The predicted molar refractivity (Wildman–Crippen MR) is 138 cm³/mol. The number of esters is 1. The van der Waals surface area contributed by atoms with Crippen LogP contribution in [0.1, 0.15) is 47.7 Å². The second kappa shape index (κ2) is 12.4. The van der Waals surface area contributed by atoms with Crippen molar-refractivity contribution in [2.24, 2.45) is 0 Å². The number of benzene rings is 2. The van der Waals surface area contributed by atoms with Crippen LogP contribution in [0.5, 0.6) is 0 Å². The molecule has 2 aromatic carbocycles. The van der Waals surface area contributed by atoms with E-state index >= 15 is 0 Å². The molecule has 0 fully saturated rings. The molecule has 0 aliphatic carbocycles. The van der Waals surface area contributed by atoms with Gasteiger partial charge in [-0.1, -0.05) is 57.3 Å². The number of hydrogen-bond acceptors (Lipinski definition) is 5. The minimum atomic E-state index is -0.373. The average molecular weight is 588 g/mol. The van der Waals surface area contributed by atoms with E-state index in [4.69, 9.17) is 4.74 Å². The molecule has 0 saturated carbocycles. The fourth-order valence-electron chi connectivity index (χ4n) is 2.87. The van der Waals surface area contributed by atoms with Crippen LogP contribution in [-0.4, -0.2) is 37.5 Å². The molecule has 2 heterocycles. The Balaban J connectivity index is 0.000000196. The summed E-state index contributed by atoms with van der Waals surface area (Å²) in [6.45, 7) is 4.00. The Morgan fingerprint density at radius 3 is 1.88 bits per heavy atom. The summed E-state index contributed by atoms with van der Waals surface area (Å²) < 4.78 is 10.7. The highest BCUT2D eigenvalue weighted by Crippen LogP contribution is 2.17. The number of imidazole rings is 2. The van der Waals surface area contributed by atoms with Gasteiger partial charge in [0.2, 0.25) is 0 Å². The highest BCUT2D eigenvalue weighted by atomic mass is 79.9. The van der Waals surface area contributed by atoms with E-state index in [0.717, 1.165) is 33.2 Å². The van der Waals surface area contributed by atoms with Gasteiger partial charge in [0, 0.05) is 39.6 Å². The maximum Gasteiger partial charge on any atom is 0.358 e. The molecule has 9 heteroatoms. The molecule has 0 unspecified atom stereocenters. The Hall–Kier alpha value is -3.04. The van der Waals surface area contributed by atoms with Gasteiger partial charge in [-0.15, -0.1) is 0 Å². The average Bonchev–Trinajstić information content (AvgIpc) is 3.50. The molecule has 0 aliphatic rings. The van der Waals surface area contributed by atoms with Crippen molar-refractivity contribution in [1.29, 1.82) is 0 Å². The van der Waals surface area contributed by atoms with Crippen LogP contribution >= 0.6 is 31.9 Å². The normalized spacial score (nSPS) is 10.4. The van der Waals surface area contributed by atoms with Crippen molar-refractivity contribution in [1.82, 2.24) is 19.1 Å². The number of rotatable bonds is 7. The van der Waals surface area contributed by atoms with E-state index < -0.39 is 0 Å². The topological polar surface area (TPSA) is 79.0 Å². The maximum absolute atomic E-state index is 11.7. The Bertz CT molecular complexity index is 1270. The van der Waals surface area contributed by atoms with E-state index in [2.05, 4.69) is 48.8 Å². The van der Waals surface area contributed by atoms with Crippen molar-refractivity contribution in [3.63, 3.8) is 0 Å². The Morgan fingerprint density at radius 2 is 1.41 bits per heavy atom. The van der Waals surface area contributed by atoms with Crippen LogP contribution in [0.2, 0.25) is 0 Å². The summed E-state index contributed by atoms with van der Waals surface area (Å²) in [4.78, 5) is 30.9. The first-order valence-corrected chi connectivity index (χ1v) is 12.2. The Labute approximate surface area is 215 Å². The first-order valence-electron chi connectivity index (χ1n) is 10.6. The van der Waals surface area contributed by atoms with Gasteiger partial charge in [-0.25, -0.2) is 14.8 Å². The lowest BCUT2D eigenvalue weighted by atomic mass is 10.3. The third-order valence-corrected chi connectivity index (χ3v) is 5.67. The summed E-state index contributed by atoms with van der Waals surface area (Å²) in [6, 6.07) is 15.6. The molecule has 0 spiro atoms. The van der Waals surface area contributed by atoms with Crippen molar-refractivity contribution in [3.8, 4) is 11.4 Å². The molecule has 0 N–H and O–H groups in total. The zero-order valence-corrected chi connectivity index (χ0v) is 22.0. The van der Waals surface area contributed by atoms with Crippen LogP contribution in [0.3, 0.4) is 0 Å². The van der Waals surface area contributed by atoms with Gasteiger partial charge in [0.25, 0.3) is 0 Å². The van der Waals surface area contributed by atoms with E-state index in [1.165, 1.54) is 6.92 Å². The molecule has 2 aromatic heterocycles. The number of hydrogen-bond donors (Lipinski definition) is 0. The fourth-order valence-corrected chi connectivity index (χ4v) is 3.65. The van der Waals surface area contributed by atoms with Crippen molar-refractivity contribution >= 4 is 43.6 Å². The van der Waals surface area contributed by atoms with Crippen molar-refractivity contribution < 1.29 is 14.3 Å². The highest BCUT2D eigenvalue weighted by Gasteiger charge is 2.11. The largest absolute Gasteiger partial charge is 0.461 e. The van der Waals surface area contributed by atoms with Crippen LogP contribution in [0.25, 0.3) is 11.4 Å². The van der Waals surface area contributed by atoms with Gasteiger partial charge in [-0.2, -0.15) is 0 Å². The fraction of sp³-hybridized carbons (Fsp3) is 0.200. The second-order valence-corrected chi connectivity index (χ2v) is 9.17. The highest BCUT2D eigenvalue weighted by molar-refractivity contribution is 9.10. The number of nitrogens with zero attached hydrogens (tertiary/aromatic N) is 4. The zero-order valence-electron chi connectivity index (χ0n) is 18.8. The minimum Gasteiger partial charge on any atom is -0.461 e. The van der Waals surface area contributed by atoms with Gasteiger partial charge >= 0.3 is 5.97 Å². The van der Waals surface area contributed by atoms with Gasteiger partial charge in [-0.3, -0.25) is 4.79 Å². The molecule has 176 valence electrons. The summed E-state index contributed by atoms with van der Waals surface area (Å²) in [5.41, 5.74) is 2.73. The minimum absolute atomic E-state index is 0.0243. The zero-order chi connectivity index (χ0) is 24.5. The summed E-state index contributed by atoms with van der Waals surface area (Å²) in [6.07, 6.45) is 8.52. The lowest BCUT2D eigenvalue weighted by Crippen LogP contribution is -2.06. The summed E-state index contributed by atoms with van der Waals surface area (Å²) in [5, 5.41) is 0. The second-order valence-electron chi connectivity index (χ2n) is 7.34. The van der Waals surface area contributed by atoms with Crippen LogP contribution in [0.15, 0.2) is 82.5 Å². The number of aromatic nitrogens is 4. The standard InChI is InChI=1S/C14H15BrN2O2.C11H9BrN2O/c1-2-3-7-19-14(18)13-9-17(10-16-13)12-6-4-5-11(15)8-12;1-8(15)11-6-14(7-13-11)10-4-2-3-9(12)5-10/h4-6,8-10H,2-3,7H2,1H3;2-7H,1H3. The van der Waals surface area contributed by atoms with E-state index in [0.29, 0.717) is 18.0 Å². The number of carbonyl (C=O) groups is 2. The molecule has 0 atom stereocenters. The van der Waals surface area contributed by atoms with Crippen molar-refractivity contribution in [3.05, 3.63) is 93.9 Å². The molecular formula is C25H24Br2N4O3. The molecule has 4 rings (SSSR count). The van der Waals surface area contributed by atoms with Gasteiger partial charge in [0.15, 0.2) is 11.5 Å². The van der Waals surface area contributed by atoms with Crippen molar-refractivity contribution in [2.75, 3.05) is 6.61 Å². The van der Waals surface area contributed by atoms with Gasteiger partial charge in [0.05, 0.1) is 6.61 Å². The summed E-state index contributed by atoms with van der Waals surface area (Å²) in [5.74, 6) is -0.397. The first kappa shape index (κ1) is 25.6. The van der Waals surface area contributed by atoms with Crippen LogP contribution in [-0.2, 0) is 4.74 Å². The van der Waals surface area contributed by atoms with Crippen LogP contribution in [0.4, 0.5) is 0 Å². The van der Waals surface area contributed by atoms with Crippen molar-refractivity contribution in [2.45, 2.75) is 26.7 Å². The van der Waals surface area contributed by atoms with Crippen LogP contribution < -0.4 is 0 Å². The van der Waals surface area contributed by atoms with Gasteiger partial charge in [0.1, 0.15) is 18.3 Å². The lowest BCUT2D eigenvalue weighted by molar-refractivity contribution is 0.0493. The van der Waals surface area contributed by atoms with E-state index in [-0.39, 0.29) is 11.8 Å². The third-order valence-electron chi connectivity index (χ3n) is 4.68. The first-order chi connectivity index (χ1) is 16.4. The number of ether oxygens (including phenoxy) is 1. The number of carbonyl (C=O) groups excluding carboxylic acids is 2. The lowest BCUT2D eigenvalue weighted by Gasteiger charge is -2.02. The number of ketones is 1. The molecule has 0 amide bonds. The summed E-state index contributed by atoms with van der Waals surface area (Å²) in [7, 11) is 0. The number of halogens is 2. The molecular weight excluding hydrogens is 564 g/mol. The molecule has 0 bridgehead atoms. The SMILES string of the molecule is CC(=O)c1cn(-c2cccc(Br)c2)cn1.CCCCOC(=O)c1cn(-c2cccc(Br)c2)cn1. The molecule has 0 saturated heterocycles. The molecule has 0 radical (unpaired) electrons. The molecule has 34 heavy (non-hydrogen) atoms. The predicted octanol–water partition coefficient (Wildman–Crippen LogP) is 6.43. The monoisotopic (exact) mass is 586 g/mol. The molecule has 4 aromatic rings. The van der Waals surface area contributed by atoms with E-state index in [1.807, 2.05) is 53.1 Å². The maximum atomic E-state index is 11.7. The number of Topliss-reactive ketones (excluding diaryl/α,β-unsaturated/α-hetero) is 1. The Kier molecular flexibility index (Phi) is 9.35. The third kappa shape index (κ3) is 7.23. The summed E-state index contributed by atoms with van der Waals surface area (Å²) >= 11 is 6.81. The van der Waals surface area contributed by atoms with Gasteiger partial charge in [-0.05, 0) is 42.8 Å². The Morgan fingerprint density at radius 1 is 0.882 bits per heavy atom. The van der Waals surface area contributed by atoms with Crippen LogP contribution in [0, 0.1) is 0 Å². The quantitative estimate of drug-likeness (QED) is 0.141. The van der Waals surface area contributed by atoms with E-state index in [1.54, 1.807) is 29.6 Å². The smallest absolute Gasteiger partial charge is 0.358 e. The van der Waals surface area contributed by atoms with E-state index in [9.17, 15) is 9.59 Å². The van der Waals surface area contributed by atoms with Gasteiger partial charge < -0.3 is 13.9 Å². The molecule has 7 nitrogen and oxygen atoms in total. The molecule has 0 aliphatic heterocycles.